The first-order chi connectivity index (χ1) is 8.36. The van der Waals surface area contributed by atoms with Gasteiger partial charge in [-0.25, -0.2) is 0 Å². The Kier molecular flexibility index (Phi) is 2.99. The zero-order chi connectivity index (χ0) is 11.7. The third-order valence-corrected chi connectivity index (χ3v) is 3.89. The van der Waals surface area contributed by atoms with E-state index in [0.29, 0.717) is 6.54 Å². The Balaban J connectivity index is 1.89. The molecule has 0 aliphatic heterocycles. The smallest absolute Gasteiger partial charge is 0.0934 e. The Morgan fingerprint density at radius 2 is 2.35 bits per heavy atom. The van der Waals surface area contributed by atoms with Crippen LogP contribution in [0.15, 0.2) is 22.9 Å². The van der Waals surface area contributed by atoms with Crippen LogP contribution < -0.4 is 5.73 Å². The van der Waals surface area contributed by atoms with Crippen molar-refractivity contribution in [3.63, 3.8) is 0 Å². The van der Waals surface area contributed by atoms with Crippen molar-refractivity contribution in [2.45, 2.75) is 25.8 Å². The van der Waals surface area contributed by atoms with Crippen molar-refractivity contribution in [1.29, 1.82) is 0 Å². The van der Waals surface area contributed by atoms with Crippen molar-refractivity contribution < 1.29 is 0 Å². The molecule has 2 aromatic rings. The second kappa shape index (κ2) is 4.63. The summed E-state index contributed by atoms with van der Waals surface area (Å²) in [7, 11) is 0. The molecular weight excluding hydrogens is 230 g/mol. The van der Waals surface area contributed by atoms with Gasteiger partial charge < -0.3 is 5.73 Å². The van der Waals surface area contributed by atoms with Crippen molar-refractivity contribution in [2.24, 2.45) is 11.7 Å². The number of aromatic nitrogens is 2. The fourth-order valence-electron chi connectivity index (χ4n) is 2.06. The van der Waals surface area contributed by atoms with Crippen LogP contribution in [0.4, 0.5) is 0 Å². The Hall–Kier alpha value is -1.13. The van der Waals surface area contributed by atoms with Crippen LogP contribution in [0.1, 0.15) is 18.5 Å². The Labute approximate surface area is 105 Å². The second-order valence-corrected chi connectivity index (χ2v) is 5.48. The first-order valence-corrected chi connectivity index (χ1v) is 7.10. The first kappa shape index (κ1) is 11.0. The third kappa shape index (κ3) is 2.42. The lowest BCUT2D eigenvalue weighted by molar-refractivity contribution is 0.540. The van der Waals surface area contributed by atoms with Crippen LogP contribution in [0.25, 0.3) is 11.3 Å². The molecule has 0 bridgehead atoms. The van der Waals surface area contributed by atoms with Crippen molar-refractivity contribution in [3.8, 4) is 11.3 Å². The maximum Gasteiger partial charge on any atom is 0.0934 e. The largest absolute Gasteiger partial charge is 0.330 e. The molecule has 1 aliphatic rings. The number of hydrogen-bond acceptors (Lipinski definition) is 3. The number of nitrogens with two attached hydrogens (primary N) is 1. The molecule has 0 spiro atoms. The maximum absolute atomic E-state index is 5.66. The van der Waals surface area contributed by atoms with Gasteiger partial charge in [0.25, 0.3) is 0 Å². The molecule has 2 N–H and O–H groups in total. The van der Waals surface area contributed by atoms with E-state index in [1.54, 1.807) is 11.3 Å². The summed E-state index contributed by atoms with van der Waals surface area (Å²) in [5, 5.41) is 8.96. The molecule has 1 saturated carbocycles. The minimum atomic E-state index is 0.694. The summed E-state index contributed by atoms with van der Waals surface area (Å²) >= 11 is 1.72. The highest BCUT2D eigenvalue weighted by Crippen LogP contribution is 2.31. The molecule has 2 aromatic heterocycles. The summed E-state index contributed by atoms with van der Waals surface area (Å²) in [5.41, 5.74) is 9.26. The minimum Gasteiger partial charge on any atom is -0.330 e. The van der Waals surface area contributed by atoms with Crippen molar-refractivity contribution in [2.75, 3.05) is 6.54 Å². The van der Waals surface area contributed by atoms with Crippen LogP contribution in [0.5, 0.6) is 0 Å². The van der Waals surface area contributed by atoms with Crippen LogP contribution in [-0.2, 0) is 13.0 Å². The van der Waals surface area contributed by atoms with Crippen LogP contribution in [0.2, 0.25) is 0 Å². The van der Waals surface area contributed by atoms with Gasteiger partial charge in [-0.1, -0.05) is 0 Å². The molecule has 0 saturated heterocycles. The molecule has 1 fully saturated rings. The predicted octanol–water partition coefficient (Wildman–Crippen LogP) is 2.52. The molecule has 2 heterocycles. The molecule has 0 aromatic carbocycles. The minimum absolute atomic E-state index is 0.694. The van der Waals surface area contributed by atoms with E-state index in [0.717, 1.165) is 24.6 Å². The van der Waals surface area contributed by atoms with E-state index in [1.807, 2.05) is 0 Å². The average Bonchev–Trinajstić information content (AvgIpc) is 2.83. The van der Waals surface area contributed by atoms with Crippen LogP contribution >= 0.6 is 11.3 Å². The van der Waals surface area contributed by atoms with E-state index in [9.17, 15) is 0 Å². The van der Waals surface area contributed by atoms with Gasteiger partial charge >= 0.3 is 0 Å². The van der Waals surface area contributed by atoms with Crippen molar-refractivity contribution in [1.82, 2.24) is 9.78 Å². The Bertz CT molecular complexity index is 483. The normalized spacial score (nSPS) is 15.4. The average molecular weight is 247 g/mol. The fraction of sp³-hybridized carbons (Fsp3) is 0.462. The van der Waals surface area contributed by atoms with Gasteiger partial charge in [0.05, 0.1) is 5.69 Å². The van der Waals surface area contributed by atoms with Gasteiger partial charge in [-0.3, -0.25) is 4.68 Å². The van der Waals surface area contributed by atoms with E-state index in [-0.39, 0.29) is 0 Å². The summed E-state index contributed by atoms with van der Waals surface area (Å²) in [6.07, 6.45) is 3.63. The van der Waals surface area contributed by atoms with E-state index in [4.69, 9.17) is 10.8 Å². The summed E-state index contributed by atoms with van der Waals surface area (Å²) in [6, 6.07) is 4.32. The van der Waals surface area contributed by atoms with Crippen molar-refractivity contribution in [3.05, 3.63) is 28.6 Å². The van der Waals surface area contributed by atoms with Crippen LogP contribution in [-0.4, -0.2) is 16.3 Å². The highest BCUT2D eigenvalue weighted by atomic mass is 32.1. The number of nitrogens with zero attached hydrogens (tertiary/aromatic N) is 2. The monoisotopic (exact) mass is 247 g/mol. The highest BCUT2D eigenvalue weighted by Gasteiger charge is 2.23. The SMILES string of the molecule is NCCc1cc(-c2ccsc2)nn1CC1CC1. The summed E-state index contributed by atoms with van der Waals surface area (Å²) in [5.74, 6) is 0.849. The van der Waals surface area contributed by atoms with Gasteiger partial charge in [-0.05, 0) is 42.8 Å². The van der Waals surface area contributed by atoms with Gasteiger partial charge in [0.1, 0.15) is 0 Å². The van der Waals surface area contributed by atoms with Gasteiger partial charge in [0.2, 0.25) is 0 Å². The molecular formula is C13H17N3S. The molecule has 0 amide bonds. The standard InChI is InChI=1S/C13H17N3S/c14-5-3-12-7-13(11-4-6-17-9-11)15-16(12)8-10-1-2-10/h4,6-7,9-10H,1-3,5,8,14H2. The van der Waals surface area contributed by atoms with Crippen molar-refractivity contribution >= 4 is 11.3 Å². The van der Waals surface area contributed by atoms with E-state index >= 15 is 0 Å². The first-order valence-electron chi connectivity index (χ1n) is 6.16. The molecule has 3 nitrogen and oxygen atoms in total. The molecule has 3 rings (SSSR count). The van der Waals surface area contributed by atoms with E-state index in [2.05, 4.69) is 27.6 Å². The van der Waals surface area contributed by atoms with Gasteiger partial charge in [0.15, 0.2) is 0 Å². The summed E-state index contributed by atoms with van der Waals surface area (Å²) in [6.45, 7) is 1.76. The van der Waals surface area contributed by atoms with E-state index in [1.165, 1.54) is 24.1 Å². The highest BCUT2D eigenvalue weighted by molar-refractivity contribution is 7.08. The zero-order valence-electron chi connectivity index (χ0n) is 9.80. The second-order valence-electron chi connectivity index (χ2n) is 4.70. The topological polar surface area (TPSA) is 43.8 Å². The van der Waals surface area contributed by atoms with Gasteiger partial charge in [-0.2, -0.15) is 16.4 Å². The number of hydrogen-bond donors (Lipinski definition) is 1. The summed E-state index contributed by atoms with van der Waals surface area (Å²) < 4.78 is 2.16. The third-order valence-electron chi connectivity index (χ3n) is 3.21. The number of thiophene rings is 1. The lowest BCUT2D eigenvalue weighted by atomic mass is 10.2. The fourth-order valence-corrected chi connectivity index (χ4v) is 2.71. The predicted molar refractivity (Wildman–Crippen MR) is 71.0 cm³/mol. The Morgan fingerprint density at radius 1 is 1.47 bits per heavy atom. The lowest BCUT2D eigenvalue weighted by Crippen LogP contribution is -2.11. The Morgan fingerprint density at radius 3 is 3.00 bits per heavy atom. The molecule has 1 aliphatic carbocycles. The quantitative estimate of drug-likeness (QED) is 0.882. The molecule has 4 heteroatoms. The maximum atomic E-state index is 5.66. The van der Waals surface area contributed by atoms with Crippen LogP contribution in [0, 0.1) is 5.92 Å². The molecule has 0 unspecified atom stereocenters. The zero-order valence-corrected chi connectivity index (χ0v) is 10.6. The summed E-state index contributed by atoms with van der Waals surface area (Å²) in [4.78, 5) is 0. The molecule has 0 radical (unpaired) electrons. The van der Waals surface area contributed by atoms with Gasteiger partial charge in [-0.15, -0.1) is 0 Å². The number of rotatable bonds is 5. The van der Waals surface area contributed by atoms with Gasteiger partial charge in [0, 0.05) is 29.6 Å². The van der Waals surface area contributed by atoms with E-state index < -0.39 is 0 Å². The molecule has 90 valence electrons. The molecule has 17 heavy (non-hydrogen) atoms. The lowest BCUT2D eigenvalue weighted by Gasteiger charge is -2.04. The molecule has 0 atom stereocenters. The van der Waals surface area contributed by atoms with Crippen LogP contribution in [0.3, 0.4) is 0 Å².